The van der Waals surface area contributed by atoms with E-state index in [1.165, 1.54) is 0 Å². The third-order valence-corrected chi connectivity index (χ3v) is 7.70. The van der Waals surface area contributed by atoms with Crippen molar-refractivity contribution in [2.75, 3.05) is 0 Å². The molecule has 0 unspecified atom stereocenters. The molecule has 0 spiro atoms. The van der Waals surface area contributed by atoms with Crippen LogP contribution in [-0.4, -0.2) is 15.0 Å². The van der Waals surface area contributed by atoms with Crippen LogP contribution in [0.5, 0.6) is 0 Å². The van der Waals surface area contributed by atoms with Crippen molar-refractivity contribution < 1.29 is 4.42 Å². The summed E-state index contributed by atoms with van der Waals surface area (Å²) in [6.07, 6.45) is 8.13. The Labute approximate surface area is 238 Å². The van der Waals surface area contributed by atoms with E-state index in [-0.39, 0.29) is 5.43 Å². The number of allylic oxidation sites excluding steroid dienone is 4. The summed E-state index contributed by atoms with van der Waals surface area (Å²) < 4.78 is 7.10. The van der Waals surface area contributed by atoms with Gasteiger partial charge in [0, 0.05) is 16.7 Å². The van der Waals surface area contributed by atoms with Crippen LogP contribution in [0.2, 0.25) is 0 Å². The third-order valence-electron chi connectivity index (χ3n) is 7.08. The van der Waals surface area contributed by atoms with Crippen molar-refractivity contribution in [1.29, 1.82) is 0 Å². The monoisotopic (exact) mass is 583 g/mol. The van der Waals surface area contributed by atoms with Gasteiger partial charge in [0.15, 0.2) is 23.1 Å². The molecule has 192 valence electrons. The first-order valence-corrected chi connectivity index (χ1v) is 13.9. The van der Waals surface area contributed by atoms with Crippen LogP contribution in [0.3, 0.4) is 0 Å². The quantitative estimate of drug-likeness (QED) is 0.194. The van der Waals surface area contributed by atoms with E-state index < -0.39 is 0 Å². The van der Waals surface area contributed by atoms with E-state index >= 15 is 0 Å². The molecule has 5 nitrogen and oxygen atoms in total. The molecule has 6 aromatic rings. The molecule has 4 aromatic carbocycles. The summed E-state index contributed by atoms with van der Waals surface area (Å²) in [5.41, 5.74) is 5.63. The minimum absolute atomic E-state index is 0.0556. The smallest absolute Gasteiger partial charge is 0.200 e. The number of para-hydroxylation sites is 2. The molecule has 0 bridgehead atoms. The first kappa shape index (κ1) is 24.4. The second-order valence-corrected chi connectivity index (χ2v) is 10.5. The van der Waals surface area contributed by atoms with E-state index in [0.717, 1.165) is 45.1 Å². The molecule has 1 aliphatic carbocycles. The highest BCUT2D eigenvalue weighted by atomic mass is 79.9. The molecule has 40 heavy (non-hydrogen) atoms. The molecule has 7 rings (SSSR count). The molecule has 1 aliphatic rings. The number of hydrogen-bond acceptors (Lipinski definition) is 5. The van der Waals surface area contributed by atoms with Crippen molar-refractivity contribution in [3.8, 4) is 33.9 Å². The summed E-state index contributed by atoms with van der Waals surface area (Å²) >= 11 is 3.54. The summed E-state index contributed by atoms with van der Waals surface area (Å²) in [7, 11) is 0. The molecule has 0 fully saturated rings. The molecular formula is C34H22BrN3O2. The molecule has 6 heteroatoms. The van der Waals surface area contributed by atoms with Crippen molar-refractivity contribution in [3.05, 3.63) is 130 Å². The van der Waals surface area contributed by atoms with Gasteiger partial charge in [0.2, 0.25) is 5.43 Å². The van der Waals surface area contributed by atoms with Gasteiger partial charge in [0.25, 0.3) is 0 Å². The van der Waals surface area contributed by atoms with Crippen LogP contribution in [0.4, 0.5) is 0 Å². The van der Waals surface area contributed by atoms with Crippen LogP contribution in [0.25, 0.3) is 61.4 Å². The van der Waals surface area contributed by atoms with E-state index in [1.807, 2.05) is 84.9 Å². The van der Waals surface area contributed by atoms with Gasteiger partial charge in [0.1, 0.15) is 5.58 Å². The highest BCUT2D eigenvalue weighted by Gasteiger charge is 2.17. The zero-order valence-corrected chi connectivity index (χ0v) is 22.9. The van der Waals surface area contributed by atoms with E-state index in [4.69, 9.17) is 19.4 Å². The van der Waals surface area contributed by atoms with Gasteiger partial charge in [-0.1, -0.05) is 85.0 Å². The molecule has 0 N–H and O–H groups in total. The number of fused-ring (bicyclic) bond motifs is 2. The molecule has 0 amide bonds. The van der Waals surface area contributed by atoms with Crippen molar-refractivity contribution in [2.24, 2.45) is 0 Å². The number of benzene rings is 4. The maximum Gasteiger partial charge on any atom is 0.200 e. The Morgan fingerprint density at radius 2 is 1.35 bits per heavy atom. The summed E-state index contributed by atoms with van der Waals surface area (Å²) in [6, 6.07) is 29.2. The van der Waals surface area contributed by atoms with Crippen LogP contribution in [0, 0.1) is 0 Å². The average Bonchev–Trinajstić information content (AvgIpc) is 3.02. The van der Waals surface area contributed by atoms with Crippen molar-refractivity contribution >= 4 is 43.4 Å². The summed E-state index contributed by atoms with van der Waals surface area (Å²) in [5, 5.41) is 1.09. The molecule has 0 radical (unpaired) electrons. The van der Waals surface area contributed by atoms with Crippen LogP contribution in [0.1, 0.15) is 18.7 Å². The first-order valence-electron chi connectivity index (χ1n) is 13.1. The van der Waals surface area contributed by atoms with Gasteiger partial charge in [0.05, 0.1) is 15.2 Å². The van der Waals surface area contributed by atoms with Crippen LogP contribution in [-0.2, 0) is 0 Å². The summed E-state index contributed by atoms with van der Waals surface area (Å²) in [6.45, 7) is 0. The number of aromatic nitrogens is 3. The minimum Gasteiger partial charge on any atom is -0.454 e. The van der Waals surface area contributed by atoms with Gasteiger partial charge < -0.3 is 4.42 Å². The lowest BCUT2D eigenvalue weighted by Crippen LogP contribution is -2.04. The number of halogens is 1. The Morgan fingerprint density at radius 1 is 0.675 bits per heavy atom. The fourth-order valence-electron chi connectivity index (χ4n) is 5.07. The minimum atomic E-state index is -0.0556. The van der Waals surface area contributed by atoms with Crippen molar-refractivity contribution in [2.45, 2.75) is 12.8 Å². The van der Waals surface area contributed by atoms with Gasteiger partial charge in [-0.15, -0.1) is 0 Å². The Kier molecular flexibility index (Phi) is 6.17. The second-order valence-electron chi connectivity index (χ2n) is 9.64. The van der Waals surface area contributed by atoms with E-state index in [9.17, 15) is 4.79 Å². The lowest BCUT2D eigenvalue weighted by Gasteiger charge is -2.12. The molecule has 2 aromatic heterocycles. The molecule has 2 heterocycles. The highest BCUT2D eigenvalue weighted by molar-refractivity contribution is 9.10. The van der Waals surface area contributed by atoms with E-state index in [2.05, 4.69) is 34.2 Å². The maximum absolute atomic E-state index is 13.4. The predicted molar refractivity (Wildman–Crippen MR) is 164 cm³/mol. The van der Waals surface area contributed by atoms with Crippen molar-refractivity contribution in [3.63, 3.8) is 0 Å². The fourth-order valence-corrected chi connectivity index (χ4v) is 5.52. The zero-order chi connectivity index (χ0) is 27.1. The van der Waals surface area contributed by atoms with Gasteiger partial charge in [-0.2, -0.15) is 0 Å². The second kappa shape index (κ2) is 10.1. The molecule has 0 atom stereocenters. The van der Waals surface area contributed by atoms with Gasteiger partial charge in [-0.05, 0) is 64.2 Å². The van der Waals surface area contributed by atoms with Gasteiger partial charge >= 0.3 is 0 Å². The SMILES string of the molecule is O=c1c2cccc(Br)c2oc2c(-c3cccc(-c4nc(C5=CC=CCC5)nc(-c5ccccc5)n4)c3)cccc12. The highest BCUT2D eigenvalue weighted by Crippen LogP contribution is 2.34. The summed E-state index contributed by atoms with van der Waals surface area (Å²) in [5.74, 6) is 1.91. The van der Waals surface area contributed by atoms with Crippen LogP contribution < -0.4 is 5.43 Å². The van der Waals surface area contributed by atoms with E-state index in [1.54, 1.807) is 6.07 Å². The molecular weight excluding hydrogens is 562 g/mol. The van der Waals surface area contributed by atoms with Crippen LogP contribution >= 0.6 is 15.9 Å². The average molecular weight is 584 g/mol. The third kappa shape index (κ3) is 4.36. The van der Waals surface area contributed by atoms with E-state index in [0.29, 0.717) is 39.4 Å². The lowest BCUT2D eigenvalue weighted by atomic mass is 9.99. The Hall–Kier alpha value is -4.68. The Bertz CT molecular complexity index is 2050. The standard InChI is InChI=1S/C34H22BrN3O2/c35-28-19-9-18-27-29(39)26-17-8-16-25(30(26)40-31(27)28)23-14-7-15-24(20-23)34-37-32(21-10-3-1-4-11-21)36-33(38-34)22-12-5-2-6-13-22/h1-5,7-12,14-20H,6,13H2. The normalized spacial score (nSPS) is 13.1. The fraction of sp³-hybridized carbons (Fsp3) is 0.0588. The number of rotatable bonds is 4. The molecule has 0 aliphatic heterocycles. The topological polar surface area (TPSA) is 68.9 Å². The number of nitrogens with zero attached hydrogens (tertiary/aromatic N) is 3. The van der Waals surface area contributed by atoms with Crippen LogP contribution in [0.15, 0.2) is 123 Å². The summed E-state index contributed by atoms with van der Waals surface area (Å²) in [4.78, 5) is 28.0. The zero-order valence-electron chi connectivity index (χ0n) is 21.3. The Morgan fingerprint density at radius 3 is 2.15 bits per heavy atom. The van der Waals surface area contributed by atoms with Gasteiger partial charge in [-0.3, -0.25) is 4.79 Å². The molecule has 0 saturated heterocycles. The lowest BCUT2D eigenvalue weighted by molar-refractivity contribution is 0.659. The predicted octanol–water partition coefficient (Wildman–Crippen LogP) is 8.63. The van der Waals surface area contributed by atoms with Crippen molar-refractivity contribution in [1.82, 2.24) is 15.0 Å². The first-order chi connectivity index (χ1) is 19.7. The largest absolute Gasteiger partial charge is 0.454 e. The Balaban J connectivity index is 1.41. The van der Waals surface area contributed by atoms with Gasteiger partial charge in [-0.25, -0.2) is 15.0 Å². The molecule has 0 saturated carbocycles. The maximum atomic E-state index is 13.4. The number of hydrogen-bond donors (Lipinski definition) is 0.